The molecule has 0 bridgehead atoms. The van der Waals surface area contributed by atoms with Gasteiger partial charge < -0.3 is 10.6 Å². The number of nitrogens with one attached hydrogen (secondary N) is 2. The van der Waals surface area contributed by atoms with Gasteiger partial charge in [0.25, 0.3) is 0 Å². The van der Waals surface area contributed by atoms with Crippen LogP contribution >= 0.6 is 11.8 Å². The first kappa shape index (κ1) is 22.0. The minimum Gasteiger partial charge on any atom is -0.356 e. The molecule has 1 saturated heterocycles. The van der Waals surface area contributed by atoms with Crippen molar-refractivity contribution in [1.29, 1.82) is 0 Å². The van der Waals surface area contributed by atoms with E-state index in [2.05, 4.69) is 15.6 Å². The monoisotopic (exact) mass is 416 g/mol. The quantitative estimate of drug-likeness (QED) is 0.522. The molecule has 27 heavy (non-hydrogen) atoms. The Morgan fingerprint density at radius 1 is 1.30 bits per heavy atom. The summed E-state index contributed by atoms with van der Waals surface area (Å²) in [5.41, 5.74) is 0.577. The third kappa shape index (κ3) is 6.65. The van der Waals surface area contributed by atoms with Gasteiger partial charge in [-0.3, -0.25) is 4.99 Å². The molecule has 0 spiro atoms. The van der Waals surface area contributed by atoms with Gasteiger partial charge in [-0.05, 0) is 17.7 Å². The minimum absolute atomic E-state index is 0.0334. The van der Waals surface area contributed by atoms with Crippen LogP contribution in [0.5, 0.6) is 0 Å². The number of benzene rings is 1. The Labute approximate surface area is 166 Å². The average Bonchev–Trinajstić information content (AvgIpc) is 2.65. The molecular weight excluding hydrogens is 387 g/mol. The molecule has 0 aliphatic carbocycles. The van der Waals surface area contributed by atoms with Gasteiger partial charge in [-0.2, -0.15) is 11.8 Å². The third-order valence-corrected chi connectivity index (χ3v) is 7.36. The summed E-state index contributed by atoms with van der Waals surface area (Å²) in [7, 11) is -1.61. The topological polar surface area (TPSA) is 73.8 Å². The summed E-state index contributed by atoms with van der Waals surface area (Å²) in [5.74, 6) is 2.01. The van der Waals surface area contributed by atoms with Gasteiger partial charge in [0.1, 0.15) is 5.82 Å². The SMILES string of the molecule is CN=C(NCCS(=O)(=O)N1CCSCC1)NCC(C)(C)c1cccc(F)c1. The normalized spacial score (nSPS) is 17.0. The molecule has 0 saturated carbocycles. The van der Waals surface area contributed by atoms with Crippen LogP contribution in [0.1, 0.15) is 19.4 Å². The number of aliphatic imine (C=N–C) groups is 1. The number of hydrogen-bond donors (Lipinski definition) is 2. The second kappa shape index (κ2) is 9.75. The van der Waals surface area contributed by atoms with Gasteiger partial charge in [0.05, 0.1) is 5.75 Å². The lowest BCUT2D eigenvalue weighted by Crippen LogP contribution is -2.46. The van der Waals surface area contributed by atoms with Gasteiger partial charge in [-0.25, -0.2) is 17.1 Å². The zero-order chi connectivity index (χ0) is 19.9. The smallest absolute Gasteiger partial charge is 0.215 e. The largest absolute Gasteiger partial charge is 0.356 e. The molecule has 0 atom stereocenters. The van der Waals surface area contributed by atoms with E-state index in [1.807, 2.05) is 19.9 Å². The average molecular weight is 417 g/mol. The first-order chi connectivity index (χ1) is 12.7. The molecule has 1 fully saturated rings. The molecule has 2 rings (SSSR count). The Hall–Kier alpha value is -1.32. The van der Waals surface area contributed by atoms with Crippen molar-refractivity contribution in [2.24, 2.45) is 4.99 Å². The highest BCUT2D eigenvalue weighted by Crippen LogP contribution is 2.22. The second-order valence-corrected chi connectivity index (χ2v) is 10.4. The Balaban J connectivity index is 1.83. The molecule has 0 amide bonds. The molecule has 1 aliphatic rings. The zero-order valence-electron chi connectivity index (χ0n) is 16.2. The number of nitrogens with zero attached hydrogens (tertiary/aromatic N) is 2. The van der Waals surface area contributed by atoms with E-state index in [1.165, 1.54) is 12.1 Å². The Bertz CT molecular complexity index is 747. The van der Waals surface area contributed by atoms with Crippen molar-refractivity contribution >= 4 is 27.7 Å². The van der Waals surface area contributed by atoms with E-state index in [-0.39, 0.29) is 23.5 Å². The number of hydrogen-bond acceptors (Lipinski definition) is 4. The molecule has 1 aromatic carbocycles. The second-order valence-electron chi connectivity index (χ2n) is 7.07. The molecule has 1 aliphatic heterocycles. The lowest BCUT2D eigenvalue weighted by atomic mass is 9.84. The van der Waals surface area contributed by atoms with E-state index < -0.39 is 10.0 Å². The van der Waals surface area contributed by atoms with E-state index in [4.69, 9.17) is 0 Å². The first-order valence-electron chi connectivity index (χ1n) is 9.01. The van der Waals surface area contributed by atoms with Crippen LogP contribution in [0.25, 0.3) is 0 Å². The van der Waals surface area contributed by atoms with E-state index in [0.717, 1.165) is 17.1 Å². The fourth-order valence-electron chi connectivity index (χ4n) is 2.79. The van der Waals surface area contributed by atoms with Crippen molar-refractivity contribution in [3.63, 3.8) is 0 Å². The summed E-state index contributed by atoms with van der Waals surface area (Å²) >= 11 is 1.78. The summed E-state index contributed by atoms with van der Waals surface area (Å²) in [6.07, 6.45) is 0. The van der Waals surface area contributed by atoms with Crippen LogP contribution in [0.15, 0.2) is 29.3 Å². The van der Waals surface area contributed by atoms with Gasteiger partial charge in [0.15, 0.2) is 5.96 Å². The molecule has 152 valence electrons. The summed E-state index contributed by atoms with van der Waals surface area (Å²) in [5, 5.41) is 6.25. The van der Waals surface area contributed by atoms with Gasteiger partial charge in [0, 0.05) is 50.1 Å². The maximum Gasteiger partial charge on any atom is 0.215 e. The highest BCUT2D eigenvalue weighted by molar-refractivity contribution is 7.99. The standard InChI is InChI=1S/C18H29FN4O2S2/c1-18(2,15-5-4-6-16(19)13-15)14-22-17(20-3)21-7-12-27(24,25)23-8-10-26-11-9-23/h4-6,13H,7-12,14H2,1-3H3,(H2,20,21,22). The Kier molecular flexibility index (Phi) is 7.93. The van der Waals surface area contributed by atoms with Gasteiger partial charge in [-0.15, -0.1) is 0 Å². The number of guanidine groups is 1. The third-order valence-electron chi connectivity index (χ3n) is 4.54. The molecule has 0 unspecified atom stereocenters. The van der Waals surface area contributed by atoms with Crippen molar-refractivity contribution in [1.82, 2.24) is 14.9 Å². The van der Waals surface area contributed by atoms with Crippen molar-refractivity contribution in [2.45, 2.75) is 19.3 Å². The summed E-state index contributed by atoms with van der Waals surface area (Å²) < 4.78 is 39.8. The molecular formula is C18H29FN4O2S2. The molecule has 1 aromatic rings. The van der Waals surface area contributed by atoms with Crippen molar-refractivity contribution in [3.8, 4) is 0 Å². The van der Waals surface area contributed by atoms with Crippen LogP contribution < -0.4 is 10.6 Å². The van der Waals surface area contributed by atoms with Gasteiger partial charge in [0.2, 0.25) is 10.0 Å². The molecule has 6 nitrogen and oxygen atoms in total. The van der Waals surface area contributed by atoms with Crippen LogP contribution in [-0.4, -0.2) is 69.2 Å². The van der Waals surface area contributed by atoms with Crippen molar-refractivity contribution in [2.75, 3.05) is 50.5 Å². The minimum atomic E-state index is -3.25. The predicted molar refractivity (Wildman–Crippen MR) is 111 cm³/mol. The Morgan fingerprint density at radius 2 is 2.00 bits per heavy atom. The Morgan fingerprint density at radius 3 is 2.63 bits per heavy atom. The van der Waals surface area contributed by atoms with Crippen LogP contribution in [0.2, 0.25) is 0 Å². The summed E-state index contributed by atoms with van der Waals surface area (Å²) in [6.45, 7) is 6.02. The fourth-order valence-corrected chi connectivity index (χ4v) is 5.28. The lowest BCUT2D eigenvalue weighted by Gasteiger charge is -2.27. The maximum atomic E-state index is 13.5. The first-order valence-corrected chi connectivity index (χ1v) is 11.8. The highest BCUT2D eigenvalue weighted by atomic mass is 32.2. The fraction of sp³-hybridized carbons (Fsp3) is 0.611. The van der Waals surface area contributed by atoms with Gasteiger partial charge >= 0.3 is 0 Å². The van der Waals surface area contributed by atoms with Crippen molar-refractivity contribution in [3.05, 3.63) is 35.6 Å². The molecule has 1 heterocycles. The molecule has 0 aromatic heterocycles. The predicted octanol–water partition coefficient (Wildman–Crippen LogP) is 1.65. The van der Waals surface area contributed by atoms with Crippen molar-refractivity contribution < 1.29 is 12.8 Å². The molecule has 0 radical (unpaired) electrons. The van der Waals surface area contributed by atoms with Crippen LogP contribution in [0.4, 0.5) is 4.39 Å². The van der Waals surface area contributed by atoms with E-state index in [9.17, 15) is 12.8 Å². The summed E-state index contributed by atoms with van der Waals surface area (Å²) in [4.78, 5) is 4.14. The van der Waals surface area contributed by atoms with E-state index in [1.54, 1.807) is 29.2 Å². The number of sulfonamides is 1. The van der Waals surface area contributed by atoms with Crippen LogP contribution in [-0.2, 0) is 15.4 Å². The summed E-state index contributed by atoms with van der Waals surface area (Å²) in [6, 6.07) is 6.55. The molecule has 9 heteroatoms. The molecule has 2 N–H and O–H groups in total. The van der Waals surface area contributed by atoms with E-state index in [0.29, 0.717) is 25.6 Å². The zero-order valence-corrected chi connectivity index (χ0v) is 17.8. The van der Waals surface area contributed by atoms with Crippen LogP contribution in [0, 0.1) is 5.82 Å². The number of halogens is 1. The van der Waals surface area contributed by atoms with E-state index >= 15 is 0 Å². The highest BCUT2D eigenvalue weighted by Gasteiger charge is 2.24. The van der Waals surface area contributed by atoms with Gasteiger partial charge in [-0.1, -0.05) is 26.0 Å². The number of thioether (sulfide) groups is 1. The lowest BCUT2D eigenvalue weighted by molar-refractivity contribution is 0.443. The van der Waals surface area contributed by atoms with Crippen LogP contribution in [0.3, 0.4) is 0 Å². The number of rotatable bonds is 7. The maximum absolute atomic E-state index is 13.5.